The van der Waals surface area contributed by atoms with Gasteiger partial charge in [0.1, 0.15) is 0 Å². The summed E-state index contributed by atoms with van der Waals surface area (Å²) in [6.45, 7) is 3.28. The van der Waals surface area contributed by atoms with Gasteiger partial charge in [-0.25, -0.2) is 22.0 Å². The van der Waals surface area contributed by atoms with Gasteiger partial charge in [0.25, 0.3) is 5.92 Å². The highest BCUT2D eigenvalue weighted by Gasteiger charge is 2.72. The second kappa shape index (κ2) is 6.58. The summed E-state index contributed by atoms with van der Waals surface area (Å²) in [5, 5.41) is 0. The van der Waals surface area contributed by atoms with E-state index < -0.39 is 40.1 Å². The first-order valence-electron chi connectivity index (χ1n) is 9.70. The molecule has 1 unspecified atom stereocenters. The van der Waals surface area contributed by atoms with Crippen LogP contribution in [0.25, 0.3) is 0 Å². The van der Waals surface area contributed by atoms with Gasteiger partial charge in [0.15, 0.2) is 17.8 Å². The molecule has 2 aromatic carbocycles. The Bertz CT molecular complexity index is 1000. The first kappa shape index (κ1) is 19.9. The highest BCUT2D eigenvalue weighted by molar-refractivity contribution is 5.43. The van der Waals surface area contributed by atoms with Crippen LogP contribution >= 0.6 is 0 Å². The zero-order chi connectivity index (χ0) is 21.0. The van der Waals surface area contributed by atoms with Crippen LogP contribution in [0.15, 0.2) is 36.4 Å². The van der Waals surface area contributed by atoms with Crippen LogP contribution in [0.4, 0.5) is 22.0 Å². The van der Waals surface area contributed by atoms with Crippen molar-refractivity contribution < 1.29 is 22.0 Å². The molecule has 0 saturated heterocycles. The maximum Gasteiger partial charge on any atom is 0.289 e. The third-order valence-corrected chi connectivity index (χ3v) is 6.74. The number of rotatable bonds is 1. The van der Waals surface area contributed by atoms with Gasteiger partial charge in [-0.3, -0.25) is 0 Å². The van der Waals surface area contributed by atoms with Gasteiger partial charge in [-0.2, -0.15) is 0 Å². The van der Waals surface area contributed by atoms with Crippen molar-refractivity contribution in [3.8, 4) is 11.8 Å². The van der Waals surface area contributed by atoms with Gasteiger partial charge in [-0.05, 0) is 57.2 Å². The van der Waals surface area contributed by atoms with E-state index in [0.29, 0.717) is 5.56 Å². The van der Waals surface area contributed by atoms with Crippen molar-refractivity contribution in [3.63, 3.8) is 0 Å². The van der Waals surface area contributed by atoms with E-state index in [9.17, 15) is 8.78 Å². The third kappa shape index (κ3) is 2.79. The van der Waals surface area contributed by atoms with Crippen LogP contribution in [0.2, 0.25) is 0 Å². The molecule has 5 rings (SSSR count). The van der Waals surface area contributed by atoms with Crippen LogP contribution in [0.1, 0.15) is 47.9 Å². The molecule has 0 radical (unpaired) electrons. The Balaban J connectivity index is 1.74. The molecule has 2 aromatic rings. The predicted octanol–water partition coefficient (Wildman–Crippen LogP) is 6.42. The van der Waals surface area contributed by atoms with Crippen LogP contribution in [0, 0.1) is 42.7 Å². The van der Waals surface area contributed by atoms with Crippen LogP contribution in [-0.2, 0) is 5.41 Å². The fourth-order valence-electron chi connectivity index (χ4n) is 4.79. The molecule has 0 aromatic heterocycles. The molecule has 3 fully saturated rings. The van der Waals surface area contributed by atoms with E-state index in [4.69, 9.17) is 0 Å². The van der Waals surface area contributed by atoms with Crippen molar-refractivity contribution in [3.05, 3.63) is 70.3 Å². The minimum absolute atomic E-state index is 0.0349. The van der Waals surface area contributed by atoms with Crippen molar-refractivity contribution in [2.75, 3.05) is 0 Å². The highest BCUT2D eigenvalue weighted by atomic mass is 19.3. The lowest BCUT2D eigenvalue weighted by atomic mass is 9.49. The molecule has 152 valence electrons. The Morgan fingerprint density at radius 3 is 2.10 bits per heavy atom. The topological polar surface area (TPSA) is 0 Å². The van der Waals surface area contributed by atoms with Crippen molar-refractivity contribution in [2.24, 2.45) is 5.41 Å². The molecule has 1 atom stereocenters. The van der Waals surface area contributed by atoms with Gasteiger partial charge >= 0.3 is 0 Å². The van der Waals surface area contributed by atoms with Crippen molar-refractivity contribution in [1.82, 2.24) is 0 Å². The SMILES string of the molecule is Cc1ccc(C#CC23CCC(c4ccc(C)c(F)c4F)(CC2)C(F)(F)C3F)cc1. The zero-order valence-corrected chi connectivity index (χ0v) is 16.3. The molecule has 3 aliphatic carbocycles. The second-order valence-electron chi connectivity index (χ2n) is 8.40. The molecule has 29 heavy (non-hydrogen) atoms. The monoisotopic (exact) mass is 404 g/mol. The molecule has 0 spiro atoms. The van der Waals surface area contributed by atoms with E-state index in [1.807, 2.05) is 19.1 Å². The quantitative estimate of drug-likeness (QED) is 0.380. The molecular weight excluding hydrogens is 383 g/mol. The summed E-state index contributed by atoms with van der Waals surface area (Å²) in [5.74, 6) is -0.638. The maximum atomic E-state index is 15.3. The van der Waals surface area contributed by atoms with Crippen molar-refractivity contribution >= 4 is 0 Å². The number of benzene rings is 2. The van der Waals surface area contributed by atoms with E-state index >= 15 is 13.2 Å². The predicted molar refractivity (Wildman–Crippen MR) is 102 cm³/mol. The van der Waals surface area contributed by atoms with Gasteiger partial charge in [-0.1, -0.05) is 41.7 Å². The third-order valence-electron chi connectivity index (χ3n) is 6.74. The first-order valence-corrected chi connectivity index (χ1v) is 9.70. The second-order valence-corrected chi connectivity index (χ2v) is 8.40. The Morgan fingerprint density at radius 1 is 0.862 bits per heavy atom. The summed E-state index contributed by atoms with van der Waals surface area (Å²) in [4.78, 5) is 0. The summed E-state index contributed by atoms with van der Waals surface area (Å²) in [7, 11) is 0. The number of hydrogen-bond donors (Lipinski definition) is 0. The Hall–Kier alpha value is -2.35. The van der Waals surface area contributed by atoms with Crippen molar-refractivity contribution in [2.45, 2.75) is 57.0 Å². The molecule has 0 heterocycles. The molecule has 3 saturated carbocycles. The first-order chi connectivity index (χ1) is 13.6. The number of aryl methyl sites for hydroxylation is 2. The van der Waals surface area contributed by atoms with E-state index in [2.05, 4.69) is 11.8 Å². The highest BCUT2D eigenvalue weighted by Crippen LogP contribution is 2.65. The molecule has 3 aliphatic rings. The minimum Gasteiger partial charge on any atom is -0.239 e. The summed E-state index contributed by atoms with van der Waals surface area (Å²) in [5.41, 5.74) is -2.24. The fourth-order valence-corrected chi connectivity index (χ4v) is 4.79. The van der Waals surface area contributed by atoms with Gasteiger partial charge < -0.3 is 0 Å². The van der Waals surface area contributed by atoms with E-state index in [0.717, 1.165) is 5.56 Å². The molecule has 0 N–H and O–H groups in total. The van der Waals surface area contributed by atoms with E-state index in [1.165, 1.54) is 19.1 Å². The number of halogens is 5. The summed E-state index contributed by atoms with van der Waals surface area (Å²) in [6, 6.07) is 9.70. The minimum atomic E-state index is -3.84. The number of hydrogen-bond acceptors (Lipinski definition) is 0. The average molecular weight is 404 g/mol. The lowest BCUT2D eigenvalue weighted by Gasteiger charge is -2.57. The van der Waals surface area contributed by atoms with E-state index in [1.54, 1.807) is 12.1 Å². The lowest BCUT2D eigenvalue weighted by Crippen LogP contribution is -2.65. The van der Waals surface area contributed by atoms with E-state index in [-0.39, 0.29) is 31.2 Å². The largest absolute Gasteiger partial charge is 0.289 e. The smallest absolute Gasteiger partial charge is 0.239 e. The molecule has 2 bridgehead atoms. The zero-order valence-electron chi connectivity index (χ0n) is 16.3. The Labute approximate surface area is 167 Å². The Morgan fingerprint density at radius 2 is 1.48 bits per heavy atom. The molecule has 0 amide bonds. The maximum absolute atomic E-state index is 15.3. The molecule has 0 nitrogen and oxygen atoms in total. The summed E-state index contributed by atoms with van der Waals surface area (Å²) >= 11 is 0. The summed E-state index contributed by atoms with van der Waals surface area (Å²) in [6.07, 6.45) is -2.65. The normalized spacial score (nSPS) is 30.0. The average Bonchev–Trinajstić information content (AvgIpc) is 2.71. The van der Waals surface area contributed by atoms with Crippen LogP contribution in [0.5, 0.6) is 0 Å². The molecular formula is C24H21F5. The van der Waals surface area contributed by atoms with Gasteiger partial charge in [0.2, 0.25) is 0 Å². The fraction of sp³-hybridized carbons (Fsp3) is 0.417. The number of alkyl halides is 3. The van der Waals surface area contributed by atoms with Crippen LogP contribution < -0.4 is 0 Å². The van der Waals surface area contributed by atoms with Gasteiger partial charge in [0.05, 0.1) is 10.8 Å². The number of fused-ring (bicyclic) bond motifs is 3. The molecule has 5 heteroatoms. The molecule has 0 aliphatic heterocycles. The van der Waals surface area contributed by atoms with Crippen molar-refractivity contribution in [1.29, 1.82) is 0 Å². The van der Waals surface area contributed by atoms with Gasteiger partial charge in [-0.15, -0.1) is 0 Å². The van der Waals surface area contributed by atoms with Gasteiger partial charge in [0, 0.05) is 11.1 Å². The van der Waals surface area contributed by atoms with Crippen LogP contribution in [0.3, 0.4) is 0 Å². The lowest BCUT2D eigenvalue weighted by molar-refractivity contribution is -0.223. The standard InChI is InChI=1S/C24H21F5/c1-15-3-6-17(7-4-15)9-10-22-11-13-23(14-12-22,24(28,29)21(22)27)18-8-5-16(2)19(25)20(18)26/h3-8,21H,11-14H2,1-2H3. The van der Waals surface area contributed by atoms with Crippen LogP contribution in [-0.4, -0.2) is 12.1 Å². The summed E-state index contributed by atoms with van der Waals surface area (Å²) < 4.78 is 74.6. The Kier molecular flexibility index (Phi) is 4.53.